The standard InChI is InChI=1S/C18H17N2.C11H6F2N.Ir/c1-13-11-14(2)17(15(3)12-13)20-10-9-19-18(20)16-7-5-4-6-8-16;12-8-4-5-9(10(13)7-8)11-3-1-2-6-14-11;/h4-7,9-12H,1-3H3;1-4,6-7H;/q2*-1;. The Labute approximate surface area is 217 Å². The first kappa shape index (κ1) is 26.1. The Hall–Kier alpha value is -3.47. The molecule has 0 spiro atoms. The SMILES string of the molecule is Cc1cc(C)c(-n2ccnc2-c2[c-]cccc2)c(C)c1.Fc1c[c-]c(-c2ccccn2)c(F)c1.[Ir]. The van der Waals surface area contributed by atoms with E-state index in [4.69, 9.17) is 0 Å². The second-order valence-electron chi connectivity index (χ2n) is 7.90. The Bertz CT molecular complexity index is 1380. The molecule has 5 rings (SSSR count). The molecule has 0 amide bonds. The largest absolute Gasteiger partial charge is 0.340 e. The second kappa shape index (κ2) is 11.8. The average molecular weight is 644 g/mol. The fourth-order valence-electron chi connectivity index (χ4n) is 3.92. The van der Waals surface area contributed by atoms with Crippen LogP contribution in [0.5, 0.6) is 0 Å². The molecule has 179 valence electrons. The molecule has 0 bridgehead atoms. The zero-order valence-corrected chi connectivity index (χ0v) is 21.9. The Kier molecular flexibility index (Phi) is 8.80. The van der Waals surface area contributed by atoms with E-state index in [0.29, 0.717) is 5.69 Å². The van der Waals surface area contributed by atoms with Gasteiger partial charge in [-0.15, -0.1) is 48.0 Å². The number of hydrogen-bond donors (Lipinski definition) is 0. The summed E-state index contributed by atoms with van der Waals surface area (Å²) in [5.74, 6) is -0.355. The fourth-order valence-corrected chi connectivity index (χ4v) is 3.92. The number of pyridine rings is 1. The molecule has 35 heavy (non-hydrogen) atoms. The minimum Gasteiger partial charge on any atom is -0.340 e. The van der Waals surface area contributed by atoms with Crippen molar-refractivity contribution < 1.29 is 28.9 Å². The molecule has 6 heteroatoms. The van der Waals surface area contributed by atoms with Gasteiger partial charge in [-0.2, -0.15) is 0 Å². The maximum atomic E-state index is 13.2. The van der Waals surface area contributed by atoms with Crippen LogP contribution in [0.15, 0.2) is 85.3 Å². The fraction of sp³-hybridized carbons (Fsp3) is 0.103. The van der Waals surface area contributed by atoms with Crippen molar-refractivity contribution in [3.05, 3.63) is 126 Å². The summed E-state index contributed by atoms with van der Waals surface area (Å²) in [6.45, 7) is 6.42. The molecule has 2 aromatic heterocycles. The van der Waals surface area contributed by atoms with Gasteiger partial charge in [0, 0.05) is 56.0 Å². The number of aromatic nitrogens is 3. The molecular formula is C29H23F2IrN3-2. The van der Waals surface area contributed by atoms with Crippen molar-refractivity contribution in [1.29, 1.82) is 0 Å². The van der Waals surface area contributed by atoms with E-state index in [1.54, 1.807) is 24.4 Å². The van der Waals surface area contributed by atoms with Gasteiger partial charge in [-0.3, -0.25) is 13.8 Å². The van der Waals surface area contributed by atoms with Gasteiger partial charge in [0.1, 0.15) is 0 Å². The first-order valence-electron chi connectivity index (χ1n) is 10.8. The van der Waals surface area contributed by atoms with Crippen LogP contribution in [0.2, 0.25) is 0 Å². The predicted molar refractivity (Wildman–Crippen MR) is 130 cm³/mol. The molecule has 1 radical (unpaired) electrons. The third kappa shape index (κ3) is 6.16. The Morgan fingerprint density at radius 3 is 2.20 bits per heavy atom. The van der Waals surface area contributed by atoms with Crippen molar-refractivity contribution in [2.75, 3.05) is 0 Å². The van der Waals surface area contributed by atoms with Crippen LogP contribution in [0.25, 0.3) is 28.3 Å². The normalized spacial score (nSPS) is 10.2. The van der Waals surface area contributed by atoms with Gasteiger partial charge in [0.2, 0.25) is 0 Å². The van der Waals surface area contributed by atoms with Crippen LogP contribution in [-0.4, -0.2) is 14.5 Å². The Morgan fingerprint density at radius 1 is 0.829 bits per heavy atom. The number of imidazole rings is 1. The monoisotopic (exact) mass is 644 g/mol. The second-order valence-corrected chi connectivity index (χ2v) is 7.90. The van der Waals surface area contributed by atoms with Gasteiger partial charge in [-0.1, -0.05) is 41.5 Å². The number of halogens is 2. The minimum absolute atomic E-state index is 0. The van der Waals surface area contributed by atoms with E-state index in [2.05, 4.69) is 59.6 Å². The summed E-state index contributed by atoms with van der Waals surface area (Å²) in [7, 11) is 0. The number of aryl methyl sites for hydroxylation is 3. The molecule has 0 aliphatic rings. The van der Waals surface area contributed by atoms with E-state index in [0.717, 1.165) is 23.5 Å². The summed E-state index contributed by atoms with van der Waals surface area (Å²) in [4.78, 5) is 8.44. The maximum Gasteiger partial charge on any atom is 0.0602 e. The van der Waals surface area contributed by atoms with Gasteiger partial charge in [0.15, 0.2) is 0 Å². The van der Waals surface area contributed by atoms with E-state index in [-0.39, 0.29) is 25.7 Å². The summed E-state index contributed by atoms with van der Waals surface area (Å²) in [6.07, 6.45) is 5.40. The molecule has 3 nitrogen and oxygen atoms in total. The van der Waals surface area contributed by atoms with Crippen LogP contribution < -0.4 is 0 Å². The van der Waals surface area contributed by atoms with E-state index in [9.17, 15) is 8.78 Å². The van der Waals surface area contributed by atoms with Gasteiger partial charge in [-0.05, 0) is 43.7 Å². The van der Waals surface area contributed by atoms with E-state index < -0.39 is 11.6 Å². The third-order valence-electron chi connectivity index (χ3n) is 5.25. The van der Waals surface area contributed by atoms with Gasteiger partial charge in [-0.25, -0.2) is 0 Å². The van der Waals surface area contributed by atoms with Gasteiger partial charge < -0.3 is 9.55 Å². The van der Waals surface area contributed by atoms with E-state index in [1.807, 2.05) is 36.7 Å². The average Bonchev–Trinajstić information content (AvgIpc) is 3.29. The molecule has 0 saturated heterocycles. The predicted octanol–water partition coefficient (Wildman–Crippen LogP) is 7.09. The quantitative estimate of drug-likeness (QED) is 0.197. The molecule has 0 saturated carbocycles. The van der Waals surface area contributed by atoms with Crippen molar-refractivity contribution in [3.8, 4) is 28.3 Å². The summed E-state index contributed by atoms with van der Waals surface area (Å²) in [5, 5.41) is 0. The zero-order valence-electron chi connectivity index (χ0n) is 19.5. The molecule has 0 unspecified atom stereocenters. The molecule has 0 atom stereocenters. The summed E-state index contributed by atoms with van der Waals surface area (Å²) in [6, 6.07) is 25.1. The van der Waals surface area contributed by atoms with Crippen LogP contribution >= 0.6 is 0 Å². The van der Waals surface area contributed by atoms with Crippen LogP contribution in [-0.2, 0) is 20.1 Å². The first-order chi connectivity index (χ1) is 16.4. The summed E-state index contributed by atoms with van der Waals surface area (Å²) < 4.78 is 27.9. The number of hydrogen-bond acceptors (Lipinski definition) is 2. The van der Waals surface area contributed by atoms with E-state index in [1.165, 1.54) is 22.4 Å². The topological polar surface area (TPSA) is 30.7 Å². The van der Waals surface area contributed by atoms with Crippen molar-refractivity contribution in [2.45, 2.75) is 20.8 Å². The third-order valence-corrected chi connectivity index (χ3v) is 5.25. The van der Waals surface area contributed by atoms with Gasteiger partial charge in [0.05, 0.1) is 5.82 Å². The Balaban J connectivity index is 0.000000202. The molecule has 2 heterocycles. The van der Waals surface area contributed by atoms with Gasteiger partial charge >= 0.3 is 0 Å². The number of benzene rings is 3. The molecular weight excluding hydrogens is 621 g/mol. The van der Waals surface area contributed by atoms with E-state index >= 15 is 0 Å². The zero-order chi connectivity index (χ0) is 24.1. The Morgan fingerprint density at radius 2 is 1.57 bits per heavy atom. The molecule has 3 aromatic carbocycles. The molecule has 0 fully saturated rings. The molecule has 0 N–H and O–H groups in total. The van der Waals surface area contributed by atoms with Crippen LogP contribution in [0.1, 0.15) is 16.7 Å². The summed E-state index contributed by atoms with van der Waals surface area (Å²) in [5.41, 5.74) is 6.67. The van der Waals surface area contributed by atoms with Crippen molar-refractivity contribution >= 4 is 0 Å². The number of nitrogens with zero attached hydrogens (tertiary/aromatic N) is 3. The summed E-state index contributed by atoms with van der Waals surface area (Å²) >= 11 is 0. The molecule has 5 aromatic rings. The van der Waals surface area contributed by atoms with Crippen LogP contribution in [0.4, 0.5) is 8.78 Å². The van der Waals surface area contributed by atoms with Gasteiger partial charge in [0.25, 0.3) is 0 Å². The minimum atomic E-state index is -0.649. The van der Waals surface area contributed by atoms with Crippen LogP contribution in [0, 0.1) is 44.5 Å². The van der Waals surface area contributed by atoms with Crippen molar-refractivity contribution in [3.63, 3.8) is 0 Å². The maximum absolute atomic E-state index is 13.2. The van der Waals surface area contributed by atoms with Crippen molar-refractivity contribution in [1.82, 2.24) is 14.5 Å². The van der Waals surface area contributed by atoms with Crippen molar-refractivity contribution in [2.24, 2.45) is 0 Å². The molecule has 0 aliphatic heterocycles. The van der Waals surface area contributed by atoms with Crippen LogP contribution in [0.3, 0.4) is 0 Å². The molecule has 0 aliphatic carbocycles. The first-order valence-corrected chi connectivity index (χ1v) is 10.8. The smallest absolute Gasteiger partial charge is 0.0602 e. The number of rotatable bonds is 3.